The minimum atomic E-state index is -0.570. The van der Waals surface area contributed by atoms with Crippen molar-refractivity contribution in [1.29, 1.82) is 0 Å². The maximum absolute atomic E-state index is 12.3. The van der Waals surface area contributed by atoms with Gasteiger partial charge >= 0.3 is 0 Å². The zero-order chi connectivity index (χ0) is 14.8. The minimum Gasteiger partial charge on any atom is -0.384 e. The third-order valence-corrected chi connectivity index (χ3v) is 3.37. The maximum atomic E-state index is 12.3. The second kappa shape index (κ2) is 5.59. The molecule has 1 N–H and O–H groups in total. The van der Waals surface area contributed by atoms with E-state index in [1.165, 1.54) is 0 Å². The summed E-state index contributed by atoms with van der Waals surface area (Å²) in [6, 6.07) is 7.76. The summed E-state index contributed by atoms with van der Waals surface area (Å²) in [5.74, 6) is -0.0543. The molecule has 106 valence electrons. The predicted octanol–water partition coefficient (Wildman–Crippen LogP) is 3.15. The summed E-state index contributed by atoms with van der Waals surface area (Å²) >= 11 is 0. The maximum Gasteiger partial charge on any atom is 0.232 e. The number of fused-ring (bicyclic) bond motifs is 1. The number of methoxy groups -OCH3 is 1. The van der Waals surface area contributed by atoms with Crippen LogP contribution in [0.3, 0.4) is 0 Å². The molecule has 4 heteroatoms. The van der Waals surface area contributed by atoms with Gasteiger partial charge in [0.25, 0.3) is 0 Å². The van der Waals surface area contributed by atoms with E-state index in [2.05, 4.69) is 10.3 Å². The minimum absolute atomic E-state index is 0.0543. The highest BCUT2D eigenvalue weighted by molar-refractivity contribution is 6.04. The Bertz CT molecular complexity index is 635. The Labute approximate surface area is 119 Å². The zero-order valence-corrected chi connectivity index (χ0v) is 12.4. The summed E-state index contributed by atoms with van der Waals surface area (Å²) < 4.78 is 5.10. The number of hydrogen-bond acceptors (Lipinski definition) is 3. The van der Waals surface area contributed by atoms with Crippen LogP contribution in [0.5, 0.6) is 0 Å². The fraction of sp³-hybridized carbons (Fsp3) is 0.375. The Balaban J connectivity index is 2.35. The first-order chi connectivity index (χ1) is 9.45. The predicted molar refractivity (Wildman–Crippen MR) is 80.8 cm³/mol. The van der Waals surface area contributed by atoms with Gasteiger partial charge in [0, 0.05) is 35.5 Å². The molecule has 1 heterocycles. The number of nitrogens with zero attached hydrogens (tertiary/aromatic N) is 1. The molecular formula is C16H20N2O2. The summed E-state index contributed by atoms with van der Waals surface area (Å²) in [4.78, 5) is 16.6. The molecule has 0 unspecified atom stereocenters. The average Bonchev–Trinajstić information content (AvgIpc) is 2.40. The van der Waals surface area contributed by atoms with Crippen molar-refractivity contribution in [2.75, 3.05) is 19.0 Å². The number of nitrogens with one attached hydrogen (secondary N) is 1. The van der Waals surface area contributed by atoms with Gasteiger partial charge in [-0.05, 0) is 32.9 Å². The molecule has 0 aliphatic carbocycles. The fourth-order valence-electron chi connectivity index (χ4n) is 2.18. The second-order valence-corrected chi connectivity index (χ2v) is 5.57. The highest BCUT2D eigenvalue weighted by Gasteiger charge is 2.27. The van der Waals surface area contributed by atoms with E-state index in [-0.39, 0.29) is 5.91 Å². The highest BCUT2D eigenvalue weighted by Crippen LogP contribution is 2.26. The van der Waals surface area contributed by atoms with Crippen LogP contribution in [0.1, 0.15) is 19.5 Å². The number of aryl methyl sites for hydroxylation is 1. The van der Waals surface area contributed by atoms with Crippen molar-refractivity contribution in [2.45, 2.75) is 20.8 Å². The van der Waals surface area contributed by atoms with Gasteiger partial charge in [0.15, 0.2) is 0 Å². The summed E-state index contributed by atoms with van der Waals surface area (Å²) in [6.45, 7) is 6.07. The van der Waals surface area contributed by atoms with Crippen molar-refractivity contribution in [3.63, 3.8) is 0 Å². The molecule has 2 rings (SSSR count). The largest absolute Gasteiger partial charge is 0.384 e. The van der Waals surface area contributed by atoms with Crippen LogP contribution in [-0.2, 0) is 9.53 Å². The number of ether oxygens (including phenoxy) is 1. The Morgan fingerprint density at radius 2 is 2.05 bits per heavy atom. The molecule has 0 spiro atoms. The molecule has 4 nitrogen and oxygen atoms in total. The summed E-state index contributed by atoms with van der Waals surface area (Å²) in [5, 5.41) is 5.04. The van der Waals surface area contributed by atoms with Crippen LogP contribution in [0, 0.1) is 12.3 Å². The molecular weight excluding hydrogens is 252 g/mol. The molecule has 1 amide bonds. The van der Waals surface area contributed by atoms with Gasteiger partial charge in [-0.2, -0.15) is 0 Å². The number of pyridine rings is 1. The Hall–Kier alpha value is -1.94. The van der Waals surface area contributed by atoms with Crippen LogP contribution < -0.4 is 5.32 Å². The van der Waals surface area contributed by atoms with E-state index in [1.807, 2.05) is 45.0 Å². The van der Waals surface area contributed by atoms with Gasteiger partial charge < -0.3 is 10.1 Å². The van der Waals surface area contributed by atoms with Gasteiger partial charge in [-0.15, -0.1) is 0 Å². The van der Waals surface area contributed by atoms with Crippen molar-refractivity contribution < 1.29 is 9.53 Å². The zero-order valence-electron chi connectivity index (χ0n) is 12.4. The number of aromatic nitrogens is 1. The number of carbonyl (C=O) groups excluding carboxylic acids is 1. The summed E-state index contributed by atoms with van der Waals surface area (Å²) in [6.07, 6.45) is 1.76. The van der Waals surface area contributed by atoms with Crippen LogP contribution in [0.15, 0.2) is 30.5 Å². The van der Waals surface area contributed by atoms with E-state index in [9.17, 15) is 4.79 Å². The SMILES string of the molecule is COCC(C)(C)C(=O)Nc1cccc2c(C)nccc12. The molecule has 0 radical (unpaired) electrons. The average molecular weight is 272 g/mol. The number of amides is 1. The van der Waals surface area contributed by atoms with E-state index >= 15 is 0 Å². The van der Waals surface area contributed by atoms with Crippen molar-refractivity contribution in [1.82, 2.24) is 4.98 Å². The van der Waals surface area contributed by atoms with Gasteiger partial charge in [0.05, 0.1) is 12.0 Å². The van der Waals surface area contributed by atoms with Gasteiger partial charge in [-0.3, -0.25) is 9.78 Å². The molecule has 0 aliphatic rings. The quantitative estimate of drug-likeness (QED) is 0.930. The Morgan fingerprint density at radius 1 is 1.30 bits per heavy atom. The molecule has 0 atom stereocenters. The van der Waals surface area contributed by atoms with E-state index in [0.717, 1.165) is 22.2 Å². The lowest BCUT2D eigenvalue weighted by Crippen LogP contribution is -2.34. The molecule has 2 aromatic rings. The normalized spacial score (nSPS) is 11.6. The molecule has 0 fully saturated rings. The van der Waals surface area contributed by atoms with Crippen molar-refractivity contribution in [3.05, 3.63) is 36.2 Å². The van der Waals surface area contributed by atoms with Gasteiger partial charge in [0.1, 0.15) is 0 Å². The molecule has 20 heavy (non-hydrogen) atoms. The number of rotatable bonds is 4. The molecule has 1 aromatic carbocycles. The molecule has 0 bridgehead atoms. The second-order valence-electron chi connectivity index (χ2n) is 5.57. The summed E-state index contributed by atoms with van der Waals surface area (Å²) in [5.41, 5.74) is 1.19. The standard InChI is InChI=1S/C16H20N2O2/c1-11-12-6-5-7-14(13(12)8-9-17-11)18-15(19)16(2,3)10-20-4/h5-9H,10H2,1-4H3,(H,18,19). The van der Waals surface area contributed by atoms with E-state index in [1.54, 1.807) is 13.3 Å². The van der Waals surface area contributed by atoms with Crippen molar-refractivity contribution >= 4 is 22.4 Å². The van der Waals surface area contributed by atoms with Gasteiger partial charge in [-0.1, -0.05) is 12.1 Å². The van der Waals surface area contributed by atoms with Gasteiger partial charge in [0.2, 0.25) is 5.91 Å². The fourth-order valence-corrected chi connectivity index (χ4v) is 2.18. The lowest BCUT2D eigenvalue weighted by molar-refractivity contribution is -0.126. The number of anilines is 1. The smallest absolute Gasteiger partial charge is 0.232 e. The van der Waals surface area contributed by atoms with E-state index < -0.39 is 5.41 Å². The number of benzene rings is 1. The molecule has 1 aromatic heterocycles. The molecule has 0 aliphatic heterocycles. The third kappa shape index (κ3) is 2.80. The van der Waals surface area contributed by atoms with Crippen LogP contribution in [0.2, 0.25) is 0 Å². The first kappa shape index (κ1) is 14.5. The number of hydrogen-bond donors (Lipinski definition) is 1. The van der Waals surface area contributed by atoms with Crippen LogP contribution in [-0.4, -0.2) is 24.6 Å². The Morgan fingerprint density at radius 3 is 2.75 bits per heavy atom. The van der Waals surface area contributed by atoms with E-state index in [0.29, 0.717) is 6.61 Å². The van der Waals surface area contributed by atoms with Crippen molar-refractivity contribution in [2.24, 2.45) is 5.41 Å². The lowest BCUT2D eigenvalue weighted by Gasteiger charge is -2.23. The van der Waals surface area contributed by atoms with Crippen LogP contribution >= 0.6 is 0 Å². The molecule has 0 saturated heterocycles. The van der Waals surface area contributed by atoms with Crippen LogP contribution in [0.4, 0.5) is 5.69 Å². The van der Waals surface area contributed by atoms with Crippen LogP contribution in [0.25, 0.3) is 10.8 Å². The first-order valence-corrected chi connectivity index (χ1v) is 6.60. The van der Waals surface area contributed by atoms with Crippen molar-refractivity contribution in [3.8, 4) is 0 Å². The van der Waals surface area contributed by atoms with Gasteiger partial charge in [-0.25, -0.2) is 0 Å². The lowest BCUT2D eigenvalue weighted by atomic mass is 9.93. The Kier molecular flexibility index (Phi) is 4.04. The summed E-state index contributed by atoms with van der Waals surface area (Å²) in [7, 11) is 1.60. The van der Waals surface area contributed by atoms with E-state index in [4.69, 9.17) is 4.74 Å². The number of carbonyl (C=O) groups is 1. The first-order valence-electron chi connectivity index (χ1n) is 6.60. The third-order valence-electron chi connectivity index (χ3n) is 3.37. The highest BCUT2D eigenvalue weighted by atomic mass is 16.5. The molecule has 0 saturated carbocycles. The monoisotopic (exact) mass is 272 g/mol. The topological polar surface area (TPSA) is 51.2 Å².